The second-order valence-electron chi connectivity index (χ2n) is 3.19. The number of hydrogen-bond acceptors (Lipinski definition) is 4. The quantitative estimate of drug-likeness (QED) is 0.522. The largest absolute Gasteiger partial charge is 0.389 e. The highest BCUT2D eigenvalue weighted by atomic mass is 16.3. The first-order chi connectivity index (χ1) is 6.69. The zero-order valence-corrected chi connectivity index (χ0v) is 7.93. The van der Waals surface area contributed by atoms with Gasteiger partial charge in [-0.05, 0) is 11.1 Å². The summed E-state index contributed by atoms with van der Waals surface area (Å²) in [5.41, 5.74) is 12.3. The van der Waals surface area contributed by atoms with E-state index in [2.05, 4.69) is 0 Å². The molecule has 1 rings (SSSR count). The van der Waals surface area contributed by atoms with Crippen molar-refractivity contribution in [2.75, 3.05) is 6.54 Å². The summed E-state index contributed by atoms with van der Waals surface area (Å²) in [5, 5.41) is 18.9. The molecule has 0 aliphatic heterocycles. The Labute approximate surface area is 83.2 Å². The maximum absolute atomic E-state index is 9.59. The molecule has 4 heteroatoms. The zero-order chi connectivity index (χ0) is 10.6. The number of aliphatic hydroxyl groups is 2. The number of rotatable bonds is 4. The van der Waals surface area contributed by atoms with E-state index in [4.69, 9.17) is 11.5 Å². The van der Waals surface area contributed by atoms with Gasteiger partial charge >= 0.3 is 0 Å². The van der Waals surface area contributed by atoms with Gasteiger partial charge in [0, 0.05) is 13.1 Å². The van der Waals surface area contributed by atoms with E-state index in [1.54, 1.807) is 12.1 Å². The molecule has 78 valence electrons. The Hall–Kier alpha value is -0.940. The van der Waals surface area contributed by atoms with Crippen molar-refractivity contribution >= 4 is 0 Å². The predicted octanol–water partition coefficient (Wildman–Crippen LogP) is -0.502. The normalized spacial score (nSPS) is 15.1. The Bertz CT molecular complexity index is 274. The van der Waals surface area contributed by atoms with Gasteiger partial charge in [-0.2, -0.15) is 0 Å². The van der Waals surface area contributed by atoms with Crippen LogP contribution in [0.15, 0.2) is 24.3 Å². The Morgan fingerprint density at radius 1 is 1.07 bits per heavy atom. The molecule has 0 aromatic heterocycles. The standard InChI is InChI=1S/C10H16N2O2/c11-5-7-1-3-8(4-2-7)10(14)9(13)6-12/h1-4,9-10,13-14H,5-6,11-12H2. The molecule has 14 heavy (non-hydrogen) atoms. The molecule has 0 aliphatic rings. The molecular weight excluding hydrogens is 180 g/mol. The lowest BCUT2D eigenvalue weighted by atomic mass is 10.0. The predicted molar refractivity (Wildman–Crippen MR) is 54.4 cm³/mol. The summed E-state index contributed by atoms with van der Waals surface area (Å²) >= 11 is 0. The van der Waals surface area contributed by atoms with Gasteiger partial charge in [0.1, 0.15) is 6.10 Å². The fourth-order valence-corrected chi connectivity index (χ4v) is 1.20. The summed E-state index contributed by atoms with van der Waals surface area (Å²) in [6.07, 6.45) is -1.84. The highest BCUT2D eigenvalue weighted by Crippen LogP contribution is 2.16. The van der Waals surface area contributed by atoms with Crippen LogP contribution in [0.5, 0.6) is 0 Å². The lowest BCUT2D eigenvalue weighted by Crippen LogP contribution is -2.27. The molecule has 1 aromatic carbocycles. The first-order valence-corrected chi connectivity index (χ1v) is 4.54. The average Bonchev–Trinajstić information content (AvgIpc) is 2.27. The van der Waals surface area contributed by atoms with Crippen LogP contribution in [0.4, 0.5) is 0 Å². The zero-order valence-electron chi connectivity index (χ0n) is 7.93. The maximum Gasteiger partial charge on any atom is 0.106 e. The van der Waals surface area contributed by atoms with Crippen LogP contribution in [0.25, 0.3) is 0 Å². The summed E-state index contributed by atoms with van der Waals surface area (Å²) < 4.78 is 0. The van der Waals surface area contributed by atoms with E-state index in [1.807, 2.05) is 12.1 Å². The van der Waals surface area contributed by atoms with E-state index in [-0.39, 0.29) is 6.54 Å². The molecule has 0 saturated carbocycles. The average molecular weight is 196 g/mol. The summed E-state index contributed by atoms with van der Waals surface area (Å²) in [7, 11) is 0. The van der Waals surface area contributed by atoms with Crippen molar-refractivity contribution in [3.05, 3.63) is 35.4 Å². The van der Waals surface area contributed by atoms with E-state index >= 15 is 0 Å². The summed E-state index contributed by atoms with van der Waals surface area (Å²) in [6, 6.07) is 7.13. The van der Waals surface area contributed by atoms with Crippen molar-refractivity contribution < 1.29 is 10.2 Å². The number of benzene rings is 1. The molecule has 0 radical (unpaired) electrons. The van der Waals surface area contributed by atoms with Crippen LogP contribution in [0.2, 0.25) is 0 Å². The lowest BCUT2D eigenvalue weighted by molar-refractivity contribution is 0.0243. The molecule has 0 fully saturated rings. The third-order valence-electron chi connectivity index (χ3n) is 2.16. The number of nitrogens with two attached hydrogens (primary N) is 2. The SMILES string of the molecule is NCc1ccc(C(O)C(O)CN)cc1. The smallest absolute Gasteiger partial charge is 0.106 e. The Morgan fingerprint density at radius 2 is 1.64 bits per heavy atom. The third-order valence-corrected chi connectivity index (χ3v) is 2.16. The Morgan fingerprint density at radius 3 is 2.07 bits per heavy atom. The summed E-state index contributed by atoms with van der Waals surface area (Å²) in [5.74, 6) is 0. The van der Waals surface area contributed by atoms with Gasteiger partial charge in [-0.15, -0.1) is 0 Å². The Kier molecular flexibility index (Phi) is 4.03. The molecule has 0 amide bonds. The van der Waals surface area contributed by atoms with Crippen molar-refractivity contribution in [1.29, 1.82) is 0 Å². The second kappa shape index (κ2) is 5.07. The molecule has 0 aliphatic carbocycles. The van der Waals surface area contributed by atoms with Crippen LogP contribution < -0.4 is 11.5 Å². The van der Waals surface area contributed by atoms with Crippen molar-refractivity contribution in [3.63, 3.8) is 0 Å². The minimum absolute atomic E-state index is 0.0415. The van der Waals surface area contributed by atoms with Gasteiger partial charge in [0.15, 0.2) is 0 Å². The fourth-order valence-electron chi connectivity index (χ4n) is 1.20. The summed E-state index contributed by atoms with van der Waals surface area (Å²) in [4.78, 5) is 0. The molecule has 0 heterocycles. The van der Waals surface area contributed by atoms with Gasteiger partial charge in [0.2, 0.25) is 0 Å². The Balaban J connectivity index is 2.75. The molecule has 4 nitrogen and oxygen atoms in total. The van der Waals surface area contributed by atoms with E-state index in [1.165, 1.54) is 0 Å². The van der Waals surface area contributed by atoms with Gasteiger partial charge in [-0.3, -0.25) is 0 Å². The minimum atomic E-state index is -0.924. The molecule has 0 bridgehead atoms. The van der Waals surface area contributed by atoms with Gasteiger partial charge in [-0.25, -0.2) is 0 Å². The van der Waals surface area contributed by atoms with Crippen molar-refractivity contribution in [2.24, 2.45) is 11.5 Å². The van der Waals surface area contributed by atoms with Gasteiger partial charge in [0.25, 0.3) is 0 Å². The fraction of sp³-hybridized carbons (Fsp3) is 0.400. The van der Waals surface area contributed by atoms with E-state index in [9.17, 15) is 10.2 Å². The van der Waals surface area contributed by atoms with Crippen molar-refractivity contribution in [1.82, 2.24) is 0 Å². The molecule has 6 N–H and O–H groups in total. The van der Waals surface area contributed by atoms with Gasteiger partial charge in [0.05, 0.1) is 6.10 Å². The molecule has 2 atom stereocenters. The molecule has 1 aromatic rings. The van der Waals surface area contributed by atoms with E-state index in [0.29, 0.717) is 12.1 Å². The van der Waals surface area contributed by atoms with Gasteiger partial charge in [-0.1, -0.05) is 24.3 Å². The van der Waals surface area contributed by atoms with Crippen LogP contribution in [-0.4, -0.2) is 22.9 Å². The first kappa shape index (κ1) is 11.1. The van der Waals surface area contributed by atoms with Crippen molar-refractivity contribution in [3.8, 4) is 0 Å². The van der Waals surface area contributed by atoms with E-state index in [0.717, 1.165) is 5.56 Å². The van der Waals surface area contributed by atoms with Crippen LogP contribution in [-0.2, 0) is 6.54 Å². The van der Waals surface area contributed by atoms with Crippen LogP contribution in [0.1, 0.15) is 17.2 Å². The van der Waals surface area contributed by atoms with Crippen LogP contribution in [0, 0.1) is 0 Å². The lowest BCUT2D eigenvalue weighted by Gasteiger charge is -2.16. The monoisotopic (exact) mass is 196 g/mol. The first-order valence-electron chi connectivity index (χ1n) is 4.54. The van der Waals surface area contributed by atoms with Crippen molar-refractivity contribution in [2.45, 2.75) is 18.8 Å². The molecule has 2 unspecified atom stereocenters. The third kappa shape index (κ3) is 2.52. The second-order valence-corrected chi connectivity index (χ2v) is 3.19. The molecule has 0 saturated heterocycles. The molecule has 0 spiro atoms. The van der Waals surface area contributed by atoms with Crippen LogP contribution in [0.3, 0.4) is 0 Å². The van der Waals surface area contributed by atoms with Crippen LogP contribution >= 0.6 is 0 Å². The minimum Gasteiger partial charge on any atom is -0.389 e. The van der Waals surface area contributed by atoms with E-state index < -0.39 is 12.2 Å². The van der Waals surface area contributed by atoms with Gasteiger partial charge < -0.3 is 21.7 Å². The topological polar surface area (TPSA) is 92.5 Å². The highest BCUT2D eigenvalue weighted by molar-refractivity contribution is 5.24. The highest BCUT2D eigenvalue weighted by Gasteiger charge is 2.15. The number of hydrogen-bond donors (Lipinski definition) is 4. The molecular formula is C10H16N2O2. The number of aliphatic hydroxyl groups excluding tert-OH is 2. The summed E-state index contributed by atoms with van der Waals surface area (Å²) in [6.45, 7) is 0.510. The maximum atomic E-state index is 9.59.